The van der Waals surface area contributed by atoms with E-state index in [0.717, 1.165) is 5.69 Å². The van der Waals surface area contributed by atoms with Crippen molar-refractivity contribution in [1.82, 2.24) is 4.90 Å². The van der Waals surface area contributed by atoms with Gasteiger partial charge in [-0.15, -0.1) is 0 Å². The van der Waals surface area contributed by atoms with Crippen LogP contribution >= 0.6 is 12.2 Å². The fraction of sp³-hybridized carbons (Fsp3) is 0.294. The monoisotopic (exact) mass is 410 g/mol. The zero-order chi connectivity index (χ0) is 19.8. The lowest BCUT2D eigenvalue weighted by atomic mass is 10.2. The van der Waals surface area contributed by atoms with Gasteiger partial charge in [0.2, 0.25) is 5.88 Å². The van der Waals surface area contributed by atoms with E-state index < -0.39 is 21.8 Å². The fourth-order valence-electron chi connectivity index (χ4n) is 2.74. The summed E-state index contributed by atoms with van der Waals surface area (Å²) in [5.74, 6) is 0.395. The topological polar surface area (TPSA) is 96.4 Å². The number of fused-ring (bicyclic) bond motifs is 1. The third kappa shape index (κ3) is 4.12. The molecule has 1 N–H and O–H groups in total. The molecule has 0 spiro atoms. The third-order valence-electron chi connectivity index (χ3n) is 4.10. The Morgan fingerprint density at radius 2 is 2.00 bits per heavy atom. The van der Waals surface area contributed by atoms with Gasteiger partial charge >= 0.3 is 0 Å². The van der Waals surface area contributed by atoms with Crippen molar-refractivity contribution in [2.75, 3.05) is 24.2 Å². The number of hydrogen-bond acceptors (Lipinski definition) is 7. The van der Waals surface area contributed by atoms with Crippen molar-refractivity contribution in [3.8, 4) is 5.75 Å². The Morgan fingerprint density at radius 1 is 1.30 bits per heavy atom. The highest BCUT2D eigenvalue weighted by atomic mass is 32.2. The molecule has 10 heteroatoms. The number of anilines is 1. The molecule has 144 valence electrons. The molecule has 1 aromatic carbocycles. The molecule has 0 radical (unpaired) electrons. The van der Waals surface area contributed by atoms with Crippen molar-refractivity contribution in [2.45, 2.75) is 13.3 Å². The smallest absolute Gasteiger partial charge is 0.297 e. The van der Waals surface area contributed by atoms with E-state index in [4.69, 9.17) is 26.2 Å². The Labute approximate surface area is 162 Å². The number of hydrogen-bond donors (Lipinski definition) is 1. The van der Waals surface area contributed by atoms with Gasteiger partial charge in [0.25, 0.3) is 21.2 Å². The Kier molecular flexibility index (Phi) is 5.22. The Morgan fingerprint density at radius 3 is 2.67 bits per heavy atom. The van der Waals surface area contributed by atoms with Crippen LogP contribution in [0.2, 0.25) is 0 Å². The number of nitrogens with zero attached hydrogens (tertiary/aromatic N) is 2. The molecule has 1 aromatic rings. The highest BCUT2D eigenvalue weighted by molar-refractivity contribution is 7.85. The Balaban J connectivity index is 1.76. The van der Waals surface area contributed by atoms with Crippen LogP contribution in [0.4, 0.5) is 5.69 Å². The van der Waals surface area contributed by atoms with Crippen LogP contribution in [0.25, 0.3) is 0 Å². The van der Waals surface area contributed by atoms with Gasteiger partial charge in [-0.05, 0) is 37.7 Å². The quantitative estimate of drug-likeness (QED) is 0.448. The van der Waals surface area contributed by atoms with Crippen molar-refractivity contribution < 1.29 is 27.2 Å². The lowest BCUT2D eigenvalue weighted by molar-refractivity contribution is -0.123. The molecule has 2 aliphatic rings. The van der Waals surface area contributed by atoms with Crippen LogP contribution in [0.5, 0.6) is 5.75 Å². The van der Waals surface area contributed by atoms with Crippen LogP contribution in [0.1, 0.15) is 13.3 Å². The molecule has 0 aliphatic carbocycles. The second-order valence-electron chi connectivity index (χ2n) is 6.09. The van der Waals surface area contributed by atoms with Crippen molar-refractivity contribution in [1.29, 1.82) is 0 Å². The van der Waals surface area contributed by atoms with Gasteiger partial charge in [-0.2, -0.15) is 8.42 Å². The number of ether oxygens (including phenoxy) is 2. The van der Waals surface area contributed by atoms with Gasteiger partial charge in [-0.3, -0.25) is 14.2 Å². The van der Waals surface area contributed by atoms with Crippen LogP contribution < -0.4 is 9.64 Å². The Bertz CT molecular complexity index is 967. The summed E-state index contributed by atoms with van der Waals surface area (Å²) in [5.41, 5.74) is 1.43. The number of benzene rings is 1. The van der Waals surface area contributed by atoms with E-state index in [0.29, 0.717) is 17.2 Å². The molecule has 8 nitrogen and oxygen atoms in total. The molecule has 0 bridgehead atoms. The summed E-state index contributed by atoms with van der Waals surface area (Å²) in [6, 6.07) is 7.53. The van der Waals surface area contributed by atoms with Crippen LogP contribution in [0, 0.1) is 0 Å². The predicted octanol–water partition coefficient (Wildman–Crippen LogP) is 2.05. The van der Waals surface area contributed by atoms with E-state index in [1.54, 1.807) is 13.0 Å². The maximum atomic E-state index is 12.5. The van der Waals surface area contributed by atoms with Crippen LogP contribution in [0.15, 0.2) is 47.6 Å². The summed E-state index contributed by atoms with van der Waals surface area (Å²) in [6.45, 7) is 1.73. The molecule has 2 aliphatic heterocycles. The van der Waals surface area contributed by atoms with Gasteiger partial charge in [0, 0.05) is 25.2 Å². The second-order valence-corrected chi connectivity index (χ2v) is 8.01. The van der Waals surface area contributed by atoms with Crippen LogP contribution in [-0.4, -0.2) is 48.3 Å². The van der Waals surface area contributed by atoms with Crippen molar-refractivity contribution in [3.63, 3.8) is 0 Å². The van der Waals surface area contributed by atoms with Crippen molar-refractivity contribution >= 4 is 39.1 Å². The minimum atomic E-state index is -4.09. The van der Waals surface area contributed by atoms with Gasteiger partial charge < -0.3 is 14.4 Å². The number of rotatable bonds is 5. The van der Waals surface area contributed by atoms with E-state index in [2.05, 4.69) is 0 Å². The maximum Gasteiger partial charge on any atom is 0.297 e. The van der Waals surface area contributed by atoms with Gasteiger partial charge in [0.15, 0.2) is 11.5 Å². The summed E-state index contributed by atoms with van der Waals surface area (Å²) in [5, 5.41) is -0.0490. The van der Waals surface area contributed by atoms with E-state index in [-0.39, 0.29) is 23.9 Å². The van der Waals surface area contributed by atoms with Crippen molar-refractivity contribution in [2.24, 2.45) is 0 Å². The minimum Gasteiger partial charge on any atom is -0.439 e. The number of para-hydroxylation sites is 2. The van der Waals surface area contributed by atoms with Crippen molar-refractivity contribution in [3.05, 3.63) is 47.6 Å². The third-order valence-corrected chi connectivity index (χ3v) is 5.21. The van der Waals surface area contributed by atoms with E-state index in [1.165, 1.54) is 4.90 Å². The number of thiocarbonyl (C=S) groups is 1. The lowest BCUT2D eigenvalue weighted by Gasteiger charge is -2.11. The molecule has 0 unspecified atom stereocenters. The molecule has 0 atom stereocenters. The number of amides is 1. The zero-order valence-electron chi connectivity index (χ0n) is 14.7. The standard InChI is InChI=1S/C17H18N2O6S2/c1-11(10-14-18(2)12-6-3-4-7-13(12)24-14)15-16(20)19(17(26)25-15)8-5-9-27(21,22)23/h3-4,6-7,10H,5,8-9H2,1-2H3,(H,21,22,23). The van der Waals surface area contributed by atoms with Gasteiger partial charge in [0.1, 0.15) is 0 Å². The first kappa shape index (κ1) is 19.3. The Hall–Kier alpha value is -2.43. The van der Waals surface area contributed by atoms with Gasteiger partial charge in [-0.1, -0.05) is 12.1 Å². The number of allylic oxidation sites excluding steroid dienone is 2. The molecule has 27 heavy (non-hydrogen) atoms. The molecule has 0 aromatic heterocycles. The predicted molar refractivity (Wildman–Crippen MR) is 103 cm³/mol. The highest BCUT2D eigenvalue weighted by Gasteiger charge is 2.35. The average Bonchev–Trinajstić information content (AvgIpc) is 3.05. The van der Waals surface area contributed by atoms with Gasteiger partial charge in [-0.25, -0.2) is 0 Å². The second kappa shape index (κ2) is 7.29. The molecule has 1 fully saturated rings. The van der Waals surface area contributed by atoms with E-state index in [9.17, 15) is 13.2 Å². The average molecular weight is 410 g/mol. The molecule has 0 saturated carbocycles. The van der Waals surface area contributed by atoms with Gasteiger partial charge in [0.05, 0.1) is 11.4 Å². The molecular formula is C17H18N2O6S2. The molecule has 1 amide bonds. The van der Waals surface area contributed by atoms with Crippen LogP contribution in [-0.2, 0) is 19.6 Å². The van der Waals surface area contributed by atoms with E-state index >= 15 is 0 Å². The summed E-state index contributed by atoms with van der Waals surface area (Å²) >= 11 is 5.06. The maximum absolute atomic E-state index is 12.5. The first-order valence-electron chi connectivity index (χ1n) is 8.09. The minimum absolute atomic E-state index is 0.0344. The summed E-state index contributed by atoms with van der Waals surface area (Å²) in [7, 11) is -2.25. The summed E-state index contributed by atoms with van der Waals surface area (Å²) in [4.78, 5) is 15.6. The molecular weight excluding hydrogens is 392 g/mol. The normalized spacial score (nSPS) is 20.0. The number of carbonyl (C=O) groups excluding carboxylic acids is 1. The number of carbonyl (C=O) groups is 1. The molecule has 1 saturated heterocycles. The fourth-order valence-corrected chi connectivity index (χ4v) is 3.49. The molecule has 2 heterocycles. The summed E-state index contributed by atoms with van der Waals surface area (Å²) in [6.07, 6.45) is 1.72. The first-order chi connectivity index (χ1) is 12.7. The SMILES string of the molecule is CC(C=C1Oc2ccccc2N1C)=C1OC(=S)N(CCCS(=O)(=O)O)C1=O. The van der Waals surface area contributed by atoms with Crippen LogP contribution in [0.3, 0.4) is 0 Å². The lowest BCUT2D eigenvalue weighted by Crippen LogP contribution is -2.30. The zero-order valence-corrected chi connectivity index (χ0v) is 16.3. The largest absolute Gasteiger partial charge is 0.439 e. The first-order valence-corrected chi connectivity index (χ1v) is 10.1. The molecule has 3 rings (SSSR count). The van der Waals surface area contributed by atoms with E-state index in [1.807, 2.05) is 36.2 Å². The highest BCUT2D eigenvalue weighted by Crippen LogP contribution is 2.38. The summed E-state index contributed by atoms with van der Waals surface area (Å²) < 4.78 is 41.6.